The molecule has 17 heavy (non-hydrogen) atoms. The van der Waals surface area contributed by atoms with E-state index < -0.39 is 0 Å². The lowest BCUT2D eigenvalue weighted by Gasteiger charge is -2.21. The van der Waals surface area contributed by atoms with E-state index in [2.05, 4.69) is 33.9 Å². The number of hydrogen-bond acceptors (Lipinski definition) is 5. The van der Waals surface area contributed by atoms with Gasteiger partial charge in [0, 0.05) is 13.1 Å². The van der Waals surface area contributed by atoms with E-state index in [1.807, 2.05) is 0 Å². The van der Waals surface area contributed by atoms with Gasteiger partial charge in [-0.05, 0) is 12.8 Å². The molecular formula is C11H19N5O. The summed E-state index contributed by atoms with van der Waals surface area (Å²) in [5.41, 5.74) is 5.80. The predicted octanol–water partition coefficient (Wildman–Crippen LogP) is 1.20. The van der Waals surface area contributed by atoms with Crippen molar-refractivity contribution >= 4 is 11.7 Å². The van der Waals surface area contributed by atoms with Gasteiger partial charge in [-0.25, -0.2) is 9.97 Å². The normalized spacial score (nSPS) is 11.5. The quantitative estimate of drug-likeness (QED) is 0.336. The standard InChI is InChI=1S/C11H19N5O/c1-3-5-16(6-4-2)10-8-13-9(7-14-10)11(12)15-17/h7-8,17H,3-6H2,1-2H3,(H2,12,15). The lowest BCUT2D eigenvalue weighted by Crippen LogP contribution is -2.26. The van der Waals surface area contributed by atoms with Crippen molar-refractivity contribution < 1.29 is 5.21 Å². The van der Waals surface area contributed by atoms with Crippen molar-refractivity contribution in [1.29, 1.82) is 0 Å². The molecule has 0 amide bonds. The third-order valence-corrected chi connectivity index (χ3v) is 2.32. The molecule has 0 aliphatic carbocycles. The Morgan fingerprint density at radius 3 is 2.35 bits per heavy atom. The predicted molar refractivity (Wildman–Crippen MR) is 67.3 cm³/mol. The summed E-state index contributed by atoms with van der Waals surface area (Å²) in [6, 6.07) is 0. The van der Waals surface area contributed by atoms with E-state index >= 15 is 0 Å². The van der Waals surface area contributed by atoms with Crippen molar-refractivity contribution in [3.8, 4) is 0 Å². The van der Waals surface area contributed by atoms with Crippen molar-refractivity contribution in [1.82, 2.24) is 9.97 Å². The second kappa shape index (κ2) is 6.67. The Balaban J connectivity index is 2.83. The molecule has 0 unspecified atom stereocenters. The van der Waals surface area contributed by atoms with Gasteiger partial charge < -0.3 is 15.8 Å². The fourth-order valence-corrected chi connectivity index (χ4v) is 1.55. The van der Waals surface area contributed by atoms with E-state index in [1.54, 1.807) is 6.20 Å². The number of nitrogens with two attached hydrogens (primary N) is 1. The van der Waals surface area contributed by atoms with Gasteiger partial charge in [-0.2, -0.15) is 0 Å². The maximum Gasteiger partial charge on any atom is 0.190 e. The number of oxime groups is 1. The zero-order chi connectivity index (χ0) is 12.7. The molecule has 6 heteroatoms. The second-order valence-electron chi connectivity index (χ2n) is 3.73. The van der Waals surface area contributed by atoms with Crippen molar-refractivity contribution in [2.45, 2.75) is 26.7 Å². The summed E-state index contributed by atoms with van der Waals surface area (Å²) in [6.45, 7) is 6.15. The van der Waals surface area contributed by atoms with Crippen molar-refractivity contribution in [3.05, 3.63) is 18.1 Å². The van der Waals surface area contributed by atoms with Gasteiger partial charge >= 0.3 is 0 Å². The topological polar surface area (TPSA) is 87.6 Å². The van der Waals surface area contributed by atoms with E-state index in [4.69, 9.17) is 10.9 Å². The van der Waals surface area contributed by atoms with Crippen LogP contribution in [0, 0.1) is 0 Å². The zero-order valence-electron chi connectivity index (χ0n) is 10.3. The second-order valence-corrected chi connectivity index (χ2v) is 3.73. The summed E-state index contributed by atoms with van der Waals surface area (Å²) in [4.78, 5) is 10.6. The van der Waals surface area contributed by atoms with Crippen LogP contribution in [-0.4, -0.2) is 34.1 Å². The first-order valence-corrected chi connectivity index (χ1v) is 5.77. The highest BCUT2D eigenvalue weighted by molar-refractivity contribution is 5.94. The molecule has 0 saturated carbocycles. The number of amidine groups is 1. The summed E-state index contributed by atoms with van der Waals surface area (Å²) in [5.74, 6) is 0.796. The van der Waals surface area contributed by atoms with Crippen LogP contribution in [0.5, 0.6) is 0 Å². The molecule has 6 nitrogen and oxygen atoms in total. The highest BCUT2D eigenvalue weighted by Gasteiger charge is 2.07. The summed E-state index contributed by atoms with van der Waals surface area (Å²) < 4.78 is 0. The highest BCUT2D eigenvalue weighted by Crippen LogP contribution is 2.10. The maximum absolute atomic E-state index is 8.52. The van der Waals surface area contributed by atoms with Gasteiger partial charge in [0.05, 0.1) is 12.4 Å². The number of hydrogen-bond donors (Lipinski definition) is 2. The van der Waals surface area contributed by atoms with Crippen molar-refractivity contribution in [3.63, 3.8) is 0 Å². The Labute approximate surface area is 101 Å². The SMILES string of the molecule is CCCN(CCC)c1cnc(C(N)=NO)cn1. The molecule has 0 aliphatic heterocycles. The van der Waals surface area contributed by atoms with Crippen LogP contribution in [0.1, 0.15) is 32.4 Å². The molecule has 0 aromatic carbocycles. The molecule has 0 atom stereocenters. The lowest BCUT2D eigenvalue weighted by molar-refractivity contribution is 0.318. The molecule has 0 aliphatic rings. The van der Waals surface area contributed by atoms with Crippen LogP contribution < -0.4 is 10.6 Å². The number of rotatable bonds is 6. The Hall–Kier alpha value is -1.85. The third-order valence-electron chi connectivity index (χ3n) is 2.32. The van der Waals surface area contributed by atoms with E-state index in [1.165, 1.54) is 6.20 Å². The average Bonchev–Trinajstić information content (AvgIpc) is 2.38. The number of aromatic nitrogens is 2. The van der Waals surface area contributed by atoms with E-state index in [9.17, 15) is 0 Å². The molecule has 0 saturated heterocycles. The Kier molecular flexibility index (Phi) is 5.19. The molecule has 1 heterocycles. The van der Waals surface area contributed by atoms with Gasteiger partial charge in [0.2, 0.25) is 0 Å². The molecular weight excluding hydrogens is 218 g/mol. The number of nitrogens with zero attached hydrogens (tertiary/aromatic N) is 4. The van der Waals surface area contributed by atoms with Crippen LogP contribution in [0.3, 0.4) is 0 Å². The molecule has 0 fully saturated rings. The van der Waals surface area contributed by atoms with Crippen LogP contribution in [0.2, 0.25) is 0 Å². The largest absolute Gasteiger partial charge is 0.409 e. The Bertz CT molecular complexity index is 357. The van der Waals surface area contributed by atoms with Crippen LogP contribution in [0.4, 0.5) is 5.82 Å². The minimum absolute atomic E-state index is 0.0263. The first-order chi connectivity index (χ1) is 8.22. The Morgan fingerprint density at radius 2 is 1.94 bits per heavy atom. The third kappa shape index (κ3) is 3.58. The first kappa shape index (κ1) is 13.2. The van der Waals surface area contributed by atoms with Crippen LogP contribution in [0.25, 0.3) is 0 Å². The van der Waals surface area contributed by atoms with E-state index in [0.717, 1.165) is 31.7 Å². The van der Waals surface area contributed by atoms with Gasteiger partial charge in [0.25, 0.3) is 0 Å². The summed E-state index contributed by atoms with van der Waals surface area (Å²) in [6.07, 6.45) is 5.29. The van der Waals surface area contributed by atoms with Crippen LogP contribution in [-0.2, 0) is 0 Å². The summed E-state index contributed by atoms with van der Waals surface area (Å²) in [5, 5.41) is 11.4. The minimum Gasteiger partial charge on any atom is -0.409 e. The first-order valence-electron chi connectivity index (χ1n) is 5.77. The van der Waals surface area contributed by atoms with Gasteiger partial charge in [-0.15, -0.1) is 0 Å². The van der Waals surface area contributed by atoms with Crippen LogP contribution in [0.15, 0.2) is 17.5 Å². The lowest BCUT2D eigenvalue weighted by atomic mass is 10.3. The Morgan fingerprint density at radius 1 is 1.29 bits per heavy atom. The van der Waals surface area contributed by atoms with E-state index in [0.29, 0.717) is 5.69 Å². The monoisotopic (exact) mass is 237 g/mol. The smallest absolute Gasteiger partial charge is 0.190 e. The zero-order valence-corrected chi connectivity index (χ0v) is 10.3. The average molecular weight is 237 g/mol. The molecule has 3 N–H and O–H groups in total. The summed E-state index contributed by atoms with van der Waals surface area (Å²) in [7, 11) is 0. The van der Waals surface area contributed by atoms with E-state index in [-0.39, 0.29) is 5.84 Å². The van der Waals surface area contributed by atoms with Crippen molar-refractivity contribution in [2.75, 3.05) is 18.0 Å². The molecule has 0 radical (unpaired) electrons. The fraction of sp³-hybridized carbons (Fsp3) is 0.545. The molecule has 1 aromatic heterocycles. The molecule has 1 rings (SSSR count). The summed E-state index contributed by atoms with van der Waals surface area (Å²) >= 11 is 0. The van der Waals surface area contributed by atoms with Crippen molar-refractivity contribution in [2.24, 2.45) is 10.9 Å². The van der Waals surface area contributed by atoms with Gasteiger partial charge in [-0.1, -0.05) is 19.0 Å². The molecule has 0 spiro atoms. The van der Waals surface area contributed by atoms with Crippen LogP contribution >= 0.6 is 0 Å². The van der Waals surface area contributed by atoms with Gasteiger partial charge in [0.1, 0.15) is 11.5 Å². The molecule has 94 valence electrons. The molecule has 0 bridgehead atoms. The number of anilines is 1. The maximum atomic E-state index is 8.52. The minimum atomic E-state index is -0.0263. The highest BCUT2D eigenvalue weighted by atomic mass is 16.4. The van der Waals surface area contributed by atoms with Gasteiger partial charge in [-0.3, -0.25) is 0 Å². The fourth-order valence-electron chi connectivity index (χ4n) is 1.55. The van der Waals surface area contributed by atoms with Gasteiger partial charge in [0.15, 0.2) is 5.84 Å². The molecule has 1 aromatic rings.